The van der Waals surface area contributed by atoms with Crippen molar-refractivity contribution in [1.82, 2.24) is 10.9 Å². The molecule has 7 nitrogen and oxygen atoms in total. The Morgan fingerprint density at radius 2 is 1.76 bits per heavy atom. The maximum atomic E-state index is 11.5. The number of methoxy groups -OCH3 is 1. The first-order valence-electron chi connectivity index (χ1n) is 6.34. The summed E-state index contributed by atoms with van der Waals surface area (Å²) < 4.78 is 10.0. The number of benzene rings is 1. The molecule has 0 saturated heterocycles. The minimum Gasteiger partial charge on any atom is -0.497 e. The number of ether oxygens (including phenoxy) is 2. The zero-order chi connectivity index (χ0) is 16.0. The van der Waals surface area contributed by atoms with Crippen molar-refractivity contribution in [3.05, 3.63) is 29.8 Å². The van der Waals surface area contributed by atoms with Crippen LogP contribution in [0.4, 0.5) is 4.79 Å². The molecule has 1 aromatic carbocycles. The van der Waals surface area contributed by atoms with Crippen LogP contribution in [0.2, 0.25) is 0 Å². The first-order chi connectivity index (χ1) is 9.73. The first kappa shape index (κ1) is 16.8. The number of hydrazine groups is 1. The molecule has 0 aromatic heterocycles. The van der Waals surface area contributed by atoms with Crippen LogP contribution in [-0.2, 0) is 9.53 Å². The second kappa shape index (κ2) is 6.94. The fourth-order valence-corrected chi connectivity index (χ4v) is 1.52. The van der Waals surface area contributed by atoms with Crippen molar-refractivity contribution in [2.75, 3.05) is 7.11 Å². The van der Waals surface area contributed by atoms with Crippen LogP contribution < -0.4 is 15.6 Å². The quantitative estimate of drug-likeness (QED) is 0.717. The zero-order valence-corrected chi connectivity index (χ0v) is 12.5. The number of carbonyl (C=O) groups excluding carboxylic acids is 1. The van der Waals surface area contributed by atoms with Crippen LogP contribution in [0.15, 0.2) is 24.3 Å². The van der Waals surface area contributed by atoms with Gasteiger partial charge >= 0.3 is 12.1 Å². The van der Waals surface area contributed by atoms with Gasteiger partial charge in [0.1, 0.15) is 17.4 Å². The minimum atomic E-state index is -1.13. The van der Waals surface area contributed by atoms with Crippen molar-refractivity contribution in [3.8, 4) is 5.75 Å². The third-order valence-corrected chi connectivity index (χ3v) is 2.41. The Balaban J connectivity index is 2.70. The highest BCUT2D eigenvalue weighted by Crippen LogP contribution is 2.17. The van der Waals surface area contributed by atoms with Gasteiger partial charge < -0.3 is 14.6 Å². The first-order valence-corrected chi connectivity index (χ1v) is 6.34. The molecule has 116 valence electrons. The molecule has 0 fully saturated rings. The molecule has 21 heavy (non-hydrogen) atoms. The van der Waals surface area contributed by atoms with Gasteiger partial charge in [-0.05, 0) is 38.5 Å². The van der Waals surface area contributed by atoms with Crippen LogP contribution in [0.3, 0.4) is 0 Å². The third kappa shape index (κ3) is 5.70. The van der Waals surface area contributed by atoms with E-state index in [2.05, 4.69) is 10.9 Å². The van der Waals surface area contributed by atoms with Gasteiger partial charge in [-0.2, -0.15) is 0 Å². The molecule has 7 heteroatoms. The third-order valence-electron chi connectivity index (χ3n) is 2.41. The van der Waals surface area contributed by atoms with Crippen molar-refractivity contribution in [1.29, 1.82) is 0 Å². The number of rotatable bonds is 5. The summed E-state index contributed by atoms with van der Waals surface area (Å²) in [5.74, 6) is -0.515. The SMILES string of the molecule is COc1ccc(C(NNC(=O)OC(C)(C)C)C(=O)O)cc1. The molecule has 0 bridgehead atoms. The molecule has 3 N–H and O–H groups in total. The number of carboxylic acids is 1. The largest absolute Gasteiger partial charge is 0.497 e. The summed E-state index contributed by atoms with van der Waals surface area (Å²) in [6.45, 7) is 5.14. The minimum absolute atomic E-state index is 0.472. The number of carbonyl (C=O) groups is 2. The Hall–Kier alpha value is -2.28. The molecule has 1 rings (SSSR count). The van der Waals surface area contributed by atoms with Crippen molar-refractivity contribution in [2.24, 2.45) is 0 Å². The van der Waals surface area contributed by atoms with E-state index in [-0.39, 0.29) is 0 Å². The van der Waals surface area contributed by atoms with Crippen LogP contribution in [0.1, 0.15) is 32.4 Å². The molecule has 1 aromatic rings. The average molecular weight is 296 g/mol. The maximum absolute atomic E-state index is 11.5. The Bertz CT molecular complexity index is 493. The van der Waals surface area contributed by atoms with Crippen LogP contribution in [0.5, 0.6) is 5.75 Å². The van der Waals surface area contributed by atoms with Gasteiger partial charge in [0.25, 0.3) is 0 Å². The zero-order valence-electron chi connectivity index (χ0n) is 12.5. The molecule has 0 heterocycles. The lowest BCUT2D eigenvalue weighted by Gasteiger charge is -2.21. The predicted octanol–water partition coefficient (Wildman–Crippen LogP) is 1.85. The van der Waals surface area contributed by atoms with E-state index in [9.17, 15) is 14.7 Å². The van der Waals surface area contributed by atoms with Gasteiger partial charge in [0.15, 0.2) is 0 Å². The average Bonchev–Trinajstić information content (AvgIpc) is 2.37. The maximum Gasteiger partial charge on any atom is 0.422 e. The number of carboxylic acid groups (broad SMARTS) is 1. The highest BCUT2D eigenvalue weighted by atomic mass is 16.6. The summed E-state index contributed by atoms with van der Waals surface area (Å²) in [4.78, 5) is 22.8. The predicted molar refractivity (Wildman–Crippen MR) is 75.9 cm³/mol. The summed E-state index contributed by atoms with van der Waals surface area (Å²) in [7, 11) is 1.52. The molecule has 1 unspecified atom stereocenters. The molecule has 0 aliphatic carbocycles. The molecule has 0 saturated carbocycles. The van der Waals surface area contributed by atoms with Gasteiger partial charge in [-0.25, -0.2) is 10.2 Å². The van der Waals surface area contributed by atoms with E-state index in [4.69, 9.17) is 9.47 Å². The van der Waals surface area contributed by atoms with E-state index in [1.54, 1.807) is 45.0 Å². The van der Waals surface area contributed by atoms with Crippen LogP contribution in [-0.4, -0.2) is 29.9 Å². The van der Waals surface area contributed by atoms with Gasteiger partial charge in [0, 0.05) is 0 Å². The number of nitrogens with one attached hydrogen (secondary N) is 2. The lowest BCUT2D eigenvalue weighted by atomic mass is 10.1. The molecule has 0 aliphatic heterocycles. The molecular formula is C14H20N2O5. The van der Waals surface area contributed by atoms with Gasteiger partial charge in [0.2, 0.25) is 0 Å². The van der Waals surface area contributed by atoms with Crippen LogP contribution in [0, 0.1) is 0 Å². The van der Waals surface area contributed by atoms with Gasteiger partial charge in [-0.3, -0.25) is 10.2 Å². The second-order valence-electron chi connectivity index (χ2n) is 5.32. The summed E-state index contributed by atoms with van der Waals surface area (Å²) in [5, 5.41) is 9.21. The molecule has 0 radical (unpaired) electrons. The molecule has 0 spiro atoms. The Morgan fingerprint density at radius 3 is 2.19 bits per heavy atom. The summed E-state index contributed by atoms with van der Waals surface area (Å²) in [6.07, 6.45) is -0.748. The number of aliphatic carboxylic acids is 1. The summed E-state index contributed by atoms with van der Waals surface area (Å²) in [5.41, 5.74) is 4.46. The smallest absolute Gasteiger partial charge is 0.422 e. The monoisotopic (exact) mass is 296 g/mol. The summed E-state index contributed by atoms with van der Waals surface area (Å²) in [6, 6.07) is 5.38. The Morgan fingerprint density at radius 1 is 1.19 bits per heavy atom. The van der Waals surface area contributed by atoms with E-state index in [0.29, 0.717) is 11.3 Å². The standard InChI is InChI=1S/C14H20N2O5/c1-14(2,3)21-13(19)16-15-11(12(17)18)9-5-7-10(20-4)8-6-9/h5-8,11,15H,1-4H3,(H,16,19)(H,17,18). The van der Waals surface area contributed by atoms with E-state index in [1.807, 2.05) is 0 Å². The van der Waals surface area contributed by atoms with Crippen molar-refractivity contribution < 1.29 is 24.2 Å². The van der Waals surface area contributed by atoms with E-state index >= 15 is 0 Å². The van der Waals surface area contributed by atoms with Gasteiger partial charge in [-0.15, -0.1) is 0 Å². The van der Waals surface area contributed by atoms with E-state index in [1.165, 1.54) is 7.11 Å². The highest BCUT2D eigenvalue weighted by Gasteiger charge is 2.22. The topological polar surface area (TPSA) is 96.9 Å². The number of amides is 1. The van der Waals surface area contributed by atoms with Crippen molar-refractivity contribution in [2.45, 2.75) is 32.4 Å². The number of hydrogen-bond donors (Lipinski definition) is 3. The lowest BCUT2D eigenvalue weighted by molar-refractivity contribution is -0.139. The van der Waals surface area contributed by atoms with E-state index < -0.39 is 23.7 Å². The van der Waals surface area contributed by atoms with Gasteiger partial charge in [0.05, 0.1) is 7.11 Å². The van der Waals surface area contributed by atoms with Crippen molar-refractivity contribution >= 4 is 12.1 Å². The fourth-order valence-electron chi connectivity index (χ4n) is 1.52. The fraction of sp³-hybridized carbons (Fsp3) is 0.429. The van der Waals surface area contributed by atoms with E-state index in [0.717, 1.165) is 0 Å². The molecule has 1 amide bonds. The van der Waals surface area contributed by atoms with Gasteiger partial charge in [-0.1, -0.05) is 12.1 Å². The molecule has 1 atom stereocenters. The molecule has 0 aliphatic rings. The lowest BCUT2D eigenvalue weighted by Crippen LogP contribution is -2.45. The number of hydrogen-bond acceptors (Lipinski definition) is 5. The summed E-state index contributed by atoms with van der Waals surface area (Å²) >= 11 is 0. The van der Waals surface area contributed by atoms with Crippen molar-refractivity contribution in [3.63, 3.8) is 0 Å². The van der Waals surface area contributed by atoms with Crippen LogP contribution in [0.25, 0.3) is 0 Å². The Labute approximate surface area is 123 Å². The Kier molecular flexibility index (Phi) is 5.54. The molecular weight excluding hydrogens is 276 g/mol. The highest BCUT2D eigenvalue weighted by molar-refractivity contribution is 5.76. The van der Waals surface area contributed by atoms with Crippen LogP contribution >= 0.6 is 0 Å². The normalized spacial score (nSPS) is 12.4. The second-order valence-corrected chi connectivity index (χ2v) is 5.32.